The van der Waals surface area contributed by atoms with E-state index in [-0.39, 0.29) is 18.8 Å². The van der Waals surface area contributed by atoms with E-state index in [2.05, 4.69) is 4.74 Å². The van der Waals surface area contributed by atoms with Crippen molar-refractivity contribution in [2.24, 2.45) is 0 Å². The molecule has 0 N–H and O–H groups in total. The van der Waals surface area contributed by atoms with E-state index >= 15 is 0 Å². The lowest BCUT2D eigenvalue weighted by atomic mass is 10.2. The minimum absolute atomic E-state index is 0.0222. The smallest absolute Gasteiger partial charge is 0.389 e. The van der Waals surface area contributed by atoms with Gasteiger partial charge in [0.1, 0.15) is 0 Å². The van der Waals surface area contributed by atoms with Gasteiger partial charge in [0.25, 0.3) is 0 Å². The van der Waals surface area contributed by atoms with Crippen molar-refractivity contribution in [2.45, 2.75) is 25.4 Å². The Kier molecular flexibility index (Phi) is 8.74. The van der Waals surface area contributed by atoms with E-state index in [1.54, 1.807) is 4.90 Å². The number of carbonyl (C=O) groups is 1. The zero-order valence-corrected chi connectivity index (χ0v) is 10.8. The summed E-state index contributed by atoms with van der Waals surface area (Å²) in [6.45, 7) is 1.60. The highest BCUT2D eigenvalue weighted by Gasteiger charge is 2.26. The van der Waals surface area contributed by atoms with E-state index in [1.807, 2.05) is 0 Å². The third kappa shape index (κ3) is 10.3. The number of alkyl halides is 3. The molecule has 4 nitrogen and oxygen atoms in total. The lowest BCUT2D eigenvalue weighted by Gasteiger charge is -2.21. The zero-order chi connectivity index (χ0) is 14.0. The maximum absolute atomic E-state index is 12.0. The average molecular weight is 271 g/mol. The van der Waals surface area contributed by atoms with E-state index in [9.17, 15) is 18.0 Å². The van der Waals surface area contributed by atoms with Crippen LogP contribution >= 0.6 is 0 Å². The molecule has 0 spiro atoms. The number of rotatable bonds is 9. The quantitative estimate of drug-likeness (QED) is 0.600. The predicted molar refractivity (Wildman–Crippen MR) is 60.2 cm³/mol. The second-order valence-electron chi connectivity index (χ2n) is 3.88. The number of hydrogen-bond acceptors (Lipinski definition) is 4. The maximum Gasteiger partial charge on any atom is 0.389 e. The molecule has 0 saturated heterocycles. The van der Waals surface area contributed by atoms with E-state index in [0.29, 0.717) is 26.2 Å². The highest BCUT2D eigenvalue weighted by atomic mass is 19.4. The summed E-state index contributed by atoms with van der Waals surface area (Å²) >= 11 is 0. The van der Waals surface area contributed by atoms with Crippen LogP contribution in [0.15, 0.2) is 0 Å². The van der Waals surface area contributed by atoms with Crippen molar-refractivity contribution in [3.05, 3.63) is 0 Å². The average Bonchev–Trinajstić information content (AvgIpc) is 2.29. The van der Waals surface area contributed by atoms with E-state index in [1.165, 1.54) is 14.2 Å². The fourth-order valence-corrected chi connectivity index (χ4v) is 1.41. The third-order valence-electron chi connectivity index (χ3n) is 2.41. The van der Waals surface area contributed by atoms with Gasteiger partial charge in [-0.1, -0.05) is 0 Å². The van der Waals surface area contributed by atoms with Crippen LogP contribution in [0.4, 0.5) is 13.2 Å². The molecule has 0 fully saturated rings. The highest BCUT2D eigenvalue weighted by Crippen LogP contribution is 2.21. The summed E-state index contributed by atoms with van der Waals surface area (Å²) in [6.07, 6.45) is -4.75. The number of nitrogens with zero attached hydrogens (tertiary/aromatic N) is 1. The highest BCUT2D eigenvalue weighted by molar-refractivity contribution is 5.69. The first-order valence-corrected chi connectivity index (χ1v) is 5.74. The summed E-state index contributed by atoms with van der Waals surface area (Å²) in [5.74, 6) is -0.367. The van der Waals surface area contributed by atoms with Crippen LogP contribution in [0.3, 0.4) is 0 Å². The van der Waals surface area contributed by atoms with Crippen LogP contribution in [-0.2, 0) is 14.3 Å². The Labute approximate surface area is 105 Å². The molecule has 0 amide bonds. The van der Waals surface area contributed by atoms with Gasteiger partial charge in [0.15, 0.2) is 0 Å². The predicted octanol–water partition coefficient (Wildman–Crippen LogP) is 1.84. The Morgan fingerprint density at radius 2 is 1.83 bits per heavy atom. The summed E-state index contributed by atoms with van der Waals surface area (Å²) in [6, 6.07) is 0. The van der Waals surface area contributed by atoms with Gasteiger partial charge in [-0.15, -0.1) is 0 Å². The first kappa shape index (κ1) is 17.2. The van der Waals surface area contributed by atoms with Crippen LogP contribution < -0.4 is 0 Å². The molecule has 0 aliphatic heterocycles. The normalized spacial score (nSPS) is 11.9. The standard InChI is InChI=1S/C11H20F3NO3/c1-17-9-8-15(7-4-10(16)18-2)6-3-5-11(12,13)14/h3-9H2,1-2H3. The molecule has 0 aromatic heterocycles. The second kappa shape index (κ2) is 9.16. The van der Waals surface area contributed by atoms with Crippen molar-refractivity contribution in [3.8, 4) is 0 Å². The Bertz CT molecular complexity index is 234. The molecule has 0 saturated carbocycles. The monoisotopic (exact) mass is 271 g/mol. The van der Waals surface area contributed by atoms with Crippen molar-refractivity contribution in [3.63, 3.8) is 0 Å². The summed E-state index contributed by atoms with van der Waals surface area (Å²) in [4.78, 5) is 12.7. The molecule has 0 aromatic carbocycles. The molecule has 0 unspecified atom stereocenters. The minimum atomic E-state index is -4.13. The minimum Gasteiger partial charge on any atom is -0.469 e. The number of hydrogen-bond donors (Lipinski definition) is 0. The molecule has 18 heavy (non-hydrogen) atoms. The molecule has 0 radical (unpaired) electrons. The van der Waals surface area contributed by atoms with Gasteiger partial charge in [-0.05, 0) is 13.0 Å². The summed E-state index contributed by atoms with van der Waals surface area (Å²) in [5, 5.41) is 0. The molecule has 0 heterocycles. The topological polar surface area (TPSA) is 38.8 Å². The fourth-order valence-electron chi connectivity index (χ4n) is 1.41. The van der Waals surface area contributed by atoms with Crippen molar-refractivity contribution in [1.82, 2.24) is 4.90 Å². The lowest BCUT2D eigenvalue weighted by molar-refractivity contribution is -0.142. The molecule has 0 rings (SSSR count). The molecule has 0 aromatic rings. The van der Waals surface area contributed by atoms with Crippen molar-refractivity contribution >= 4 is 5.97 Å². The van der Waals surface area contributed by atoms with Gasteiger partial charge in [0, 0.05) is 26.6 Å². The van der Waals surface area contributed by atoms with Crippen molar-refractivity contribution < 1.29 is 27.4 Å². The summed E-state index contributed by atoms with van der Waals surface area (Å²) < 4.78 is 45.4. The van der Waals surface area contributed by atoms with Crippen LogP contribution in [0.25, 0.3) is 0 Å². The van der Waals surface area contributed by atoms with E-state index in [0.717, 1.165) is 0 Å². The van der Waals surface area contributed by atoms with Gasteiger partial charge in [0.05, 0.1) is 20.1 Å². The maximum atomic E-state index is 12.0. The van der Waals surface area contributed by atoms with Gasteiger partial charge >= 0.3 is 12.1 Å². The lowest BCUT2D eigenvalue weighted by Crippen LogP contribution is -2.31. The van der Waals surface area contributed by atoms with Gasteiger partial charge in [-0.3, -0.25) is 4.79 Å². The number of ether oxygens (including phenoxy) is 2. The van der Waals surface area contributed by atoms with Crippen LogP contribution in [0, 0.1) is 0 Å². The fraction of sp³-hybridized carbons (Fsp3) is 0.909. The Balaban J connectivity index is 3.94. The third-order valence-corrected chi connectivity index (χ3v) is 2.41. The zero-order valence-electron chi connectivity index (χ0n) is 10.8. The number of esters is 1. The number of halogens is 3. The van der Waals surface area contributed by atoms with Crippen LogP contribution in [0.1, 0.15) is 19.3 Å². The molecular formula is C11H20F3NO3. The van der Waals surface area contributed by atoms with Gasteiger partial charge in [-0.25, -0.2) is 0 Å². The molecule has 0 bridgehead atoms. The number of carbonyl (C=O) groups excluding carboxylic acids is 1. The van der Waals surface area contributed by atoms with Gasteiger partial charge in [-0.2, -0.15) is 13.2 Å². The molecule has 0 atom stereocenters. The Hall–Kier alpha value is -0.820. The van der Waals surface area contributed by atoms with Crippen LogP contribution in [0.5, 0.6) is 0 Å². The molecule has 108 valence electrons. The Morgan fingerprint density at radius 1 is 1.17 bits per heavy atom. The van der Waals surface area contributed by atoms with E-state index in [4.69, 9.17) is 4.74 Å². The summed E-state index contributed by atoms with van der Waals surface area (Å²) in [7, 11) is 2.81. The van der Waals surface area contributed by atoms with Crippen molar-refractivity contribution in [2.75, 3.05) is 40.5 Å². The SMILES string of the molecule is COCCN(CCCC(F)(F)F)CCC(=O)OC. The molecule has 7 heteroatoms. The second-order valence-corrected chi connectivity index (χ2v) is 3.88. The van der Waals surface area contributed by atoms with Gasteiger partial charge < -0.3 is 14.4 Å². The molecule has 0 aliphatic carbocycles. The largest absolute Gasteiger partial charge is 0.469 e. The number of methoxy groups -OCH3 is 2. The first-order chi connectivity index (χ1) is 8.39. The van der Waals surface area contributed by atoms with E-state index < -0.39 is 12.6 Å². The summed E-state index contributed by atoms with van der Waals surface area (Å²) in [5.41, 5.74) is 0. The first-order valence-electron chi connectivity index (χ1n) is 5.74. The Morgan fingerprint density at radius 3 is 2.33 bits per heavy atom. The van der Waals surface area contributed by atoms with Crippen LogP contribution in [0.2, 0.25) is 0 Å². The van der Waals surface area contributed by atoms with Gasteiger partial charge in [0.2, 0.25) is 0 Å². The molecule has 0 aliphatic rings. The van der Waals surface area contributed by atoms with Crippen LogP contribution in [-0.4, -0.2) is 57.5 Å². The van der Waals surface area contributed by atoms with Crippen molar-refractivity contribution in [1.29, 1.82) is 0 Å². The molecular weight excluding hydrogens is 251 g/mol.